The summed E-state index contributed by atoms with van der Waals surface area (Å²) in [5.74, 6) is 0. The van der Waals surface area contributed by atoms with Crippen molar-refractivity contribution in [3.63, 3.8) is 0 Å². The number of aliphatic hydroxyl groups excluding tert-OH is 1. The molecule has 0 amide bonds. The first-order valence-electron chi connectivity index (χ1n) is 5.63. The quantitative estimate of drug-likeness (QED) is 0.797. The van der Waals surface area contributed by atoms with E-state index in [-0.39, 0.29) is 6.61 Å². The predicted molar refractivity (Wildman–Crippen MR) is 70.2 cm³/mol. The fraction of sp³-hybridized carbons (Fsp3) is 0.133. The van der Waals surface area contributed by atoms with Gasteiger partial charge in [-0.15, -0.1) is 0 Å². The number of benzene rings is 2. The summed E-state index contributed by atoms with van der Waals surface area (Å²) >= 11 is 0. The third-order valence-electron chi connectivity index (χ3n) is 2.55. The van der Waals surface area contributed by atoms with Crippen LogP contribution in [0.1, 0.15) is 11.1 Å². The minimum Gasteiger partial charge on any atom is -0.390 e. The van der Waals surface area contributed by atoms with E-state index in [1.807, 2.05) is 60.7 Å². The highest BCUT2D eigenvalue weighted by Gasteiger charge is 2.00. The zero-order valence-electron chi connectivity index (χ0n) is 9.58. The lowest BCUT2D eigenvalue weighted by Crippen LogP contribution is -2.06. The summed E-state index contributed by atoms with van der Waals surface area (Å²) in [7, 11) is 0. The van der Waals surface area contributed by atoms with Crippen molar-refractivity contribution in [3.8, 4) is 0 Å². The lowest BCUT2D eigenvalue weighted by Gasteiger charge is -2.03. The maximum absolute atomic E-state index is 9.33. The minimum atomic E-state index is -0.0309. The Balaban J connectivity index is 2.14. The van der Waals surface area contributed by atoms with Crippen molar-refractivity contribution in [1.82, 2.24) is 0 Å². The molecule has 0 bridgehead atoms. The standard InChI is InChI=1S/C15H15NO/c17-12-15(14-9-5-2-6-10-14)16-11-13-7-3-1-4-8-13/h1-10,17H,11-12H2. The molecule has 1 N–H and O–H groups in total. The SMILES string of the molecule is OCC(=NCc1ccccc1)c1ccccc1. The molecule has 2 nitrogen and oxygen atoms in total. The van der Waals surface area contributed by atoms with Crippen molar-refractivity contribution in [2.24, 2.45) is 4.99 Å². The van der Waals surface area contributed by atoms with Crippen LogP contribution in [-0.2, 0) is 6.54 Å². The largest absolute Gasteiger partial charge is 0.390 e. The molecule has 0 saturated carbocycles. The number of aliphatic hydroxyl groups is 1. The predicted octanol–water partition coefficient (Wildman–Crippen LogP) is 2.67. The molecule has 0 fully saturated rings. The van der Waals surface area contributed by atoms with Crippen LogP contribution in [0.5, 0.6) is 0 Å². The average molecular weight is 225 g/mol. The summed E-state index contributed by atoms with van der Waals surface area (Å²) in [5, 5.41) is 9.33. The molecule has 0 heterocycles. The van der Waals surface area contributed by atoms with Crippen molar-refractivity contribution in [2.45, 2.75) is 6.54 Å². The van der Waals surface area contributed by atoms with E-state index in [2.05, 4.69) is 4.99 Å². The molecule has 0 aromatic heterocycles. The molecular formula is C15H15NO. The molecule has 2 aromatic carbocycles. The Labute approximate surface area is 101 Å². The van der Waals surface area contributed by atoms with Crippen LogP contribution in [0.15, 0.2) is 65.7 Å². The van der Waals surface area contributed by atoms with Crippen molar-refractivity contribution >= 4 is 5.71 Å². The van der Waals surface area contributed by atoms with E-state index in [1.54, 1.807) is 0 Å². The third-order valence-corrected chi connectivity index (χ3v) is 2.55. The Hall–Kier alpha value is -1.93. The molecule has 2 rings (SSSR count). The molecule has 0 aliphatic carbocycles. The van der Waals surface area contributed by atoms with Gasteiger partial charge in [-0.2, -0.15) is 0 Å². The Kier molecular flexibility index (Phi) is 4.05. The van der Waals surface area contributed by atoms with Gasteiger partial charge in [0.15, 0.2) is 0 Å². The fourth-order valence-electron chi connectivity index (χ4n) is 1.63. The maximum atomic E-state index is 9.33. The second kappa shape index (κ2) is 5.97. The van der Waals surface area contributed by atoms with Crippen molar-refractivity contribution in [2.75, 3.05) is 6.61 Å². The molecule has 2 aromatic rings. The number of hydrogen-bond acceptors (Lipinski definition) is 2. The Bertz CT molecular complexity index is 477. The lowest BCUT2D eigenvalue weighted by atomic mass is 10.1. The first kappa shape index (κ1) is 11.6. The van der Waals surface area contributed by atoms with Gasteiger partial charge in [-0.3, -0.25) is 4.99 Å². The molecule has 0 atom stereocenters. The summed E-state index contributed by atoms with van der Waals surface area (Å²) in [4.78, 5) is 4.45. The molecule has 2 heteroatoms. The molecule has 0 spiro atoms. The van der Waals surface area contributed by atoms with Gasteiger partial charge in [-0.25, -0.2) is 0 Å². The normalized spacial score (nSPS) is 11.5. The fourth-order valence-corrected chi connectivity index (χ4v) is 1.63. The summed E-state index contributed by atoms with van der Waals surface area (Å²) in [5.41, 5.74) is 2.86. The Morgan fingerprint density at radius 2 is 1.47 bits per heavy atom. The monoisotopic (exact) mass is 225 g/mol. The molecule has 0 radical (unpaired) electrons. The highest BCUT2D eigenvalue weighted by molar-refractivity contribution is 6.01. The van der Waals surface area contributed by atoms with Gasteiger partial charge in [0, 0.05) is 0 Å². The van der Waals surface area contributed by atoms with Crippen LogP contribution in [0, 0.1) is 0 Å². The van der Waals surface area contributed by atoms with E-state index in [4.69, 9.17) is 0 Å². The van der Waals surface area contributed by atoms with Gasteiger partial charge >= 0.3 is 0 Å². The van der Waals surface area contributed by atoms with E-state index < -0.39 is 0 Å². The second-order valence-electron chi connectivity index (χ2n) is 3.77. The number of hydrogen-bond donors (Lipinski definition) is 1. The van der Waals surface area contributed by atoms with Crippen LogP contribution in [0.2, 0.25) is 0 Å². The molecule has 17 heavy (non-hydrogen) atoms. The molecular weight excluding hydrogens is 210 g/mol. The van der Waals surface area contributed by atoms with E-state index in [0.29, 0.717) is 6.54 Å². The first-order valence-corrected chi connectivity index (χ1v) is 5.63. The Morgan fingerprint density at radius 3 is 2.06 bits per heavy atom. The highest BCUT2D eigenvalue weighted by atomic mass is 16.3. The zero-order valence-corrected chi connectivity index (χ0v) is 9.58. The van der Waals surface area contributed by atoms with Gasteiger partial charge in [-0.05, 0) is 11.1 Å². The van der Waals surface area contributed by atoms with E-state index in [0.717, 1.165) is 16.8 Å². The summed E-state index contributed by atoms with van der Waals surface area (Å²) in [6.07, 6.45) is 0. The summed E-state index contributed by atoms with van der Waals surface area (Å²) in [6, 6.07) is 19.8. The Morgan fingerprint density at radius 1 is 0.882 bits per heavy atom. The van der Waals surface area contributed by atoms with Crippen LogP contribution in [0.3, 0.4) is 0 Å². The summed E-state index contributed by atoms with van der Waals surface area (Å²) < 4.78 is 0. The van der Waals surface area contributed by atoms with Crippen LogP contribution in [-0.4, -0.2) is 17.4 Å². The smallest absolute Gasteiger partial charge is 0.0854 e. The number of aliphatic imine (C=N–C) groups is 1. The third kappa shape index (κ3) is 3.26. The van der Waals surface area contributed by atoms with Crippen molar-refractivity contribution in [1.29, 1.82) is 0 Å². The van der Waals surface area contributed by atoms with E-state index in [9.17, 15) is 5.11 Å². The molecule has 0 unspecified atom stereocenters. The van der Waals surface area contributed by atoms with Gasteiger partial charge in [-0.1, -0.05) is 60.7 Å². The van der Waals surface area contributed by atoms with E-state index in [1.165, 1.54) is 0 Å². The van der Waals surface area contributed by atoms with Crippen LogP contribution in [0.25, 0.3) is 0 Å². The number of rotatable bonds is 4. The average Bonchev–Trinajstić information content (AvgIpc) is 2.42. The zero-order chi connectivity index (χ0) is 11.9. The highest BCUT2D eigenvalue weighted by Crippen LogP contribution is 2.05. The van der Waals surface area contributed by atoms with Crippen LogP contribution in [0.4, 0.5) is 0 Å². The lowest BCUT2D eigenvalue weighted by molar-refractivity contribution is 0.357. The molecule has 0 aliphatic heterocycles. The maximum Gasteiger partial charge on any atom is 0.0854 e. The molecule has 86 valence electrons. The van der Waals surface area contributed by atoms with Gasteiger partial charge in [0.2, 0.25) is 0 Å². The van der Waals surface area contributed by atoms with Crippen molar-refractivity contribution in [3.05, 3.63) is 71.8 Å². The van der Waals surface area contributed by atoms with Gasteiger partial charge in [0.1, 0.15) is 0 Å². The minimum absolute atomic E-state index is 0.0309. The number of nitrogens with zero attached hydrogens (tertiary/aromatic N) is 1. The topological polar surface area (TPSA) is 32.6 Å². The van der Waals surface area contributed by atoms with Gasteiger partial charge in [0.05, 0.1) is 18.9 Å². The van der Waals surface area contributed by atoms with Gasteiger partial charge < -0.3 is 5.11 Å². The van der Waals surface area contributed by atoms with Gasteiger partial charge in [0.25, 0.3) is 0 Å². The van der Waals surface area contributed by atoms with Crippen LogP contribution >= 0.6 is 0 Å². The van der Waals surface area contributed by atoms with Crippen molar-refractivity contribution < 1.29 is 5.11 Å². The van der Waals surface area contributed by atoms with E-state index >= 15 is 0 Å². The second-order valence-corrected chi connectivity index (χ2v) is 3.77. The van der Waals surface area contributed by atoms with Crippen LogP contribution < -0.4 is 0 Å². The first-order chi connectivity index (χ1) is 8.40. The molecule has 0 aliphatic rings. The summed E-state index contributed by atoms with van der Waals surface area (Å²) in [6.45, 7) is 0.572. The molecule has 0 saturated heterocycles.